The lowest BCUT2D eigenvalue weighted by Gasteiger charge is -2.16. The third kappa shape index (κ3) is 4.16. The molecule has 1 atom stereocenters. The molecule has 1 unspecified atom stereocenters. The minimum atomic E-state index is -3.78. The van der Waals surface area contributed by atoms with Gasteiger partial charge in [0.2, 0.25) is 10.0 Å². The van der Waals surface area contributed by atoms with Gasteiger partial charge in [0.05, 0.1) is 9.82 Å². The molecule has 0 saturated heterocycles. The van der Waals surface area contributed by atoms with Crippen molar-refractivity contribution in [2.45, 2.75) is 44.0 Å². The maximum atomic E-state index is 12.2. The van der Waals surface area contributed by atoms with Gasteiger partial charge in [-0.15, -0.1) is 0 Å². The number of sulfonamides is 1. The summed E-state index contributed by atoms with van der Waals surface area (Å²) in [6, 6.07) is 3.27. The molecule has 0 bridgehead atoms. The summed E-state index contributed by atoms with van der Waals surface area (Å²) in [6.45, 7) is 3.84. The van der Waals surface area contributed by atoms with Gasteiger partial charge in [-0.25, -0.2) is 13.1 Å². The Bertz CT molecular complexity index is 589. The molecule has 0 aliphatic rings. The van der Waals surface area contributed by atoms with Crippen molar-refractivity contribution < 1.29 is 13.3 Å². The van der Waals surface area contributed by atoms with Crippen molar-refractivity contribution in [1.29, 1.82) is 0 Å². The second kappa shape index (κ2) is 7.01. The molecule has 0 radical (unpaired) electrons. The van der Waals surface area contributed by atoms with E-state index in [0.717, 1.165) is 12.5 Å². The molecule has 20 heavy (non-hydrogen) atoms. The monoisotopic (exact) mass is 320 g/mol. The van der Waals surface area contributed by atoms with E-state index < -0.39 is 20.6 Å². The number of hydrogen-bond acceptors (Lipinski definition) is 4. The lowest BCUT2D eigenvalue weighted by molar-refractivity contribution is -0.384. The lowest BCUT2D eigenvalue weighted by atomic mass is 10.1. The molecule has 0 aliphatic carbocycles. The van der Waals surface area contributed by atoms with Gasteiger partial charge in [0.1, 0.15) is 5.02 Å². The highest BCUT2D eigenvalue weighted by Gasteiger charge is 2.22. The molecule has 0 aromatic heterocycles. The first-order chi connectivity index (χ1) is 9.31. The van der Waals surface area contributed by atoms with E-state index >= 15 is 0 Å². The Morgan fingerprint density at radius 1 is 1.40 bits per heavy atom. The first kappa shape index (κ1) is 16.9. The van der Waals surface area contributed by atoms with E-state index in [2.05, 4.69) is 4.72 Å². The Kier molecular flexibility index (Phi) is 5.91. The summed E-state index contributed by atoms with van der Waals surface area (Å²) in [5.74, 6) is 0. The van der Waals surface area contributed by atoms with Gasteiger partial charge in [-0.1, -0.05) is 31.9 Å². The molecule has 0 fully saturated rings. The van der Waals surface area contributed by atoms with Gasteiger partial charge in [0.25, 0.3) is 5.69 Å². The van der Waals surface area contributed by atoms with E-state index in [0.29, 0.717) is 12.8 Å². The van der Waals surface area contributed by atoms with E-state index in [1.807, 2.05) is 13.8 Å². The standard InChI is InChI=1S/C12H17ClN2O4S/c1-3-5-9(4-2)14-20(18,19)10-6-7-11(13)12(8-10)15(16)17/h6-9,14H,3-5H2,1-2H3. The van der Waals surface area contributed by atoms with E-state index in [-0.39, 0.29) is 16.0 Å². The molecule has 8 heteroatoms. The Balaban J connectivity index is 3.09. The van der Waals surface area contributed by atoms with Crippen molar-refractivity contribution in [3.05, 3.63) is 33.3 Å². The van der Waals surface area contributed by atoms with Crippen LogP contribution in [0.15, 0.2) is 23.1 Å². The topological polar surface area (TPSA) is 89.3 Å². The Morgan fingerprint density at radius 2 is 2.05 bits per heavy atom. The number of benzene rings is 1. The fourth-order valence-electron chi connectivity index (χ4n) is 1.78. The molecule has 6 nitrogen and oxygen atoms in total. The zero-order valence-electron chi connectivity index (χ0n) is 11.3. The number of halogens is 1. The zero-order valence-corrected chi connectivity index (χ0v) is 12.9. The molecule has 1 rings (SSSR count). The summed E-state index contributed by atoms with van der Waals surface area (Å²) >= 11 is 5.67. The van der Waals surface area contributed by atoms with Gasteiger partial charge < -0.3 is 0 Å². The van der Waals surface area contributed by atoms with Gasteiger partial charge in [0.15, 0.2) is 0 Å². The van der Waals surface area contributed by atoms with Crippen LogP contribution in [0.4, 0.5) is 5.69 Å². The van der Waals surface area contributed by atoms with Crippen LogP contribution in [0.25, 0.3) is 0 Å². The number of rotatable bonds is 7. The summed E-state index contributed by atoms with van der Waals surface area (Å²) in [5.41, 5.74) is -0.418. The predicted molar refractivity (Wildman–Crippen MR) is 77.4 cm³/mol. The molecular formula is C12H17ClN2O4S. The average Bonchev–Trinajstić information content (AvgIpc) is 2.37. The van der Waals surface area contributed by atoms with Crippen LogP contribution in [0.3, 0.4) is 0 Å². The quantitative estimate of drug-likeness (QED) is 0.617. The smallest absolute Gasteiger partial charge is 0.258 e. The van der Waals surface area contributed by atoms with Crippen molar-refractivity contribution in [3.63, 3.8) is 0 Å². The van der Waals surface area contributed by atoms with Crippen LogP contribution in [-0.4, -0.2) is 19.4 Å². The van der Waals surface area contributed by atoms with Gasteiger partial charge in [-0.2, -0.15) is 0 Å². The molecule has 1 N–H and O–H groups in total. The summed E-state index contributed by atoms with van der Waals surface area (Å²) in [7, 11) is -3.78. The minimum absolute atomic E-state index is 0.0884. The van der Waals surface area contributed by atoms with Gasteiger partial charge in [-0.3, -0.25) is 10.1 Å². The molecule has 0 saturated carbocycles. The highest BCUT2D eigenvalue weighted by Crippen LogP contribution is 2.27. The Morgan fingerprint density at radius 3 is 2.55 bits per heavy atom. The van der Waals surface area contributed by atoms with Crippen LogP contribution in [-0.2, 0) is 10.0 Å². The number of nitro groups is 1. The highest BCUT2D eigenvalue weighted by atomic mass is 35.5. The van der Waals surface area contributed by atoms with Crippen LogP contribution >= 0.6 is 11.6 Å². The second-order valence-corrected chi connectivity index (χ2v) is 6.51. The first-order valence-electron chi connectivity index (χ1n) is 6.28. The van der Waals surface area contributed by atoms with Crippen molar-refractivity contribution >= 4 is 27.3 Å². The Hall–Kier alpha value is -1.18. The molecule has 0 heterocycles. The van der Waals surface area contributed by atoms with Crippen molar-refractivity contribution in [3.8, 4) is 0 Å². The van der Waals surface area contributed by atoms with Gasteiger partial charge in [-0.05, 0) is 25.0 Å². The fraction of sp³-hybridized carbons (Fsp3) is 0.500. The summed E-state index contributed by atoms with van der Waals surface area (Å²) in [4.78, 5) is 9.93. The predicted octanol–water partition coefficient (Wildman–Crippen LogP) is 3.11. The summed E-state index contributed by atoms with van der Waals surface area (Å²) in [5, 5.41) is 10.7. The maximum absolute atomic E-state index is 12.2. The third-order valence-electron chi connectivity index (χ3n) is 2.88. The second-order valence-electron chi connectivity index (χ2n) is 4.39. The van der Waals surface area contributed by atoms with Crippen LogP contribution in [0.1, 0.15) is 33.1 Å². The maximum Gasteiger partial charge on any atom is 0.289 e. The average molecular weight is 321 g/mol. The van der Waals surface area contributed by atoms with E-state index in [1.165, 1.54) is 12.1 Å². The summed E-state index contributed by atoms with van der Waals surface area (Å²) < 4.78 is 26.9. The van der Waals surface area contributed by atoms with Gasteiger partial charge in [0, 0.05) is 12.1 Å². The van der Waals surface area contributed by atoms with E-state index in [9.17, 15) is 18.5 Å². The normalized spacial score (nSPS) is 13.2. The number of nitrogens with zero attached hydrogens (tertiary/aromatic N) is 1. The van der Waals surface area contributed by atoms with Crippen molar-refractivity contribution in [2.24, 2.45) is 0 Å². The molecular weight excluding hydrogens is 304 g/mol. The van der Waals surface area contributed by atoms with Crippen molar-refractivity contribution in [1.82, 2.24) is 4.72 Å². The molecule has 0 amide bonds. The largest absolute Gasteiger partial charge is 0.289 e. The van der Waals surface area contributed by atoms with Gasteiger partial charge >= 0.3 is 0 Å². The third-order valence-corrected chi connectivity index (χ3v) is 4.71. The lowest BCUT2D eigenvalue weighted by Crippen LogP contribution is -2.34. The molecule has 1 aromatic rings. The van der Waals surface area contributed by atoms with Crippen LogP contribution in [0.5, 0.6) is 0 Å². The number of hydrogen-bond donors (Lipinski definition) is 1. The fourth-order valence-corrected chi connectivity index (χ4v) is 3.34. The first-order valence-corrected chi connectivity index (χ1v) is 8.14. The Labute approximate surface area is 123 Å². The molecule has 0 aliphatic heterocycles. The minimum Gasteiger partial charge on any atom is -0.258 e. The number of nitrogens with one attached hydrogen (secondary N) is 1. The van der Waals surface area contributed by atoms with Crippen LogP contribution < -0.4 is 4.72 Å². The zero-order chi connectivity index (χ0) is 15.3. The number of nitro benzene ring substituents is 1. The van der Waals surface area contributed by atoms with Crippen LogP contribution in [0.2, 0.25) is 5.02 Å². The van der Waals surface area contributed by atoms with Crippen LogP contribution in [0, 0.1) is 10.1 Å². The summed E-state index contributed by atoms with van der Waals surface area (Å²) in [6.07, 6.45) is 2.22. The SMILES string of the molecule is CCCC(CC)NS(=O)(=O)c1ccc(Cl)c([N+](=O)[O-])c1. The molecule has 112 valence electrons. The molecule has 0 spiro atoms. The molecule has 1 aromatic carbocycles. The highest BCUT2D eigenvalue weighted by molar-refractivity contribution is 7.89. The van der Waals surface area contributed by atoms with E-state index in [4.69, 9.17) is 11.6 Å². The van der Waals surface area contributed by atoms with E-state index in [1.54, 1.807) is 0 Å². The van der Waals surface area contributed by atoms with Crippen molar-refractivity contribution in [2.75, 3.05) is 0 Å².